The van der Waals surface area contributed by atoms with Crippen LogP contribution in [0.4, 0.5) is 5.69 Å². The van der Waals surface area contributed by atoms with Crippen LogP contribution in [0.25, 0.3) is 10.2 Å². The summed E-state index contributed by atoms with van der Waals surface area (Å²) in [4.78, 5) is 33.8. The minimum absolute atomic E-state index is 0.0146. The second-order valence-corrected chi connectivity index (χ2v) is 10.5. The van der Waals surface area contributed by atoms with E-state index in [0.717, 1.165) is 10.4 Å². The number of hydrogen-bond donors (Lipinski definition) is 2. The number of hydrogen-bond acceptors (Lipinski definition) is 8. The molecular weight excluding hydrogens is 490 g/mol. The highest BCUT2D eigenvalue weighted by Gasteiger charge is 2.20. The Bertz CT molecular complexity index is 1560. The largest absolute Gasteiger partial charge is 0.494 e. The first-order chi connectivity index (χ1) is 16.7. The van der Waals surface area contributed by atoms with E-state index < -0.39 is 16.0 Å². The van der Waals surface area contributed by atoms with Gasteiger partial charge in [-0.2, -0.15) is 0 Å². The van der Waals surface area contributed by atoms with Crippen LogP contribution in [0.3, 0.4) is 0 Å². The summed E-state index contributed by atoms with van der Waals surface area (Å²) in [5.74, 6) is -0.0195. The minimum atomic E-state index is -3.97. The van der Waals surface area contributed by atoms with Crippen LogP contribution >= 0.6 is 11.3 Å². The molecule has 2 aromatic heterocycles. The van der Waals surface area contributed by atoms with Gasteiger partial charge in [-0.25, -0.2) is 18.2 Å². The second kappa shape index (κ2) is 9.88. The van der Waals surface area contributed by atoms with Crippen molar-refractivity contribution in [2.45, 2.75) is 32.3 Å². The SMILES string of the molecule is CCOc1ccc(S(=O)(=O)Nc2ccccc2C(=O)OCc2nc3sc(C)c(C)c3c(=O)[nH]2)cc1. The lowest BCUT2D eigenvalue weighted by Crippen LogP contribution is -2.17. The molecule has 0 fully saturated rings. The van der Waals surface area contributed by atoms with Crippen molar-refractivity contribution in [2.24, 2.45) is 0 Å². The molecule has 0 aliphatic rings. The third kappa shape index (κ3) is 5.20. The van der Waals surface area contributed by atoms with Crippen molar-refractivity contribution in [3.63, 3.8) is 0 Å². The Kier molecular flexibility index (Phi) is 6.90. The van der Waals surface area contributed by atoms with Gasteiger partial charge in [0.05, 0.1) is 28.1 Å². The summed E-state index contributed by atoms with van der Waals surface area (Å²) >= 11 is 1.39. The average Bonchev–Trinajstić information content (AvgIpc) is 3.11. The van der Waals surface area contributed by atoms with Crippen molar-refractivity contribution in [3.05, 3.63) is 80.7 Å². The second-order valence-electron chi connectivity index (χ2n) is 7.61. The smallest absolute Gasteiger partial charge is 0.340 e. The van der Waals surface area contributed by atoms with E-state index in [9.17, 15) is 18.0 Å². The van der Waals surface area contributed by atoms with Gasteiger partial charge in [-0.1, -0.05) is 12.1 Å². The van der Waals surface area contributed by atoms with E-state index in [1.807, 2.05) is 20.8 Å². The predicted molar refractivity (Wildman–Crippen MR) is 134 cm³/mol. The van der Waals surface area contributed by atoms with E-state index in [2.05, 4.69) is 14.7 Å². The number of sulfonamides is 1. The molecule has 35 heavy (non-hydrogen) atoms. The van der Waals surface area contributed by atoms with Gasteiger partial charge in [-0.05, 0) is 62.7 Å². The van der Waals surface area contributed by atoms with Crippen LogP contribution in [0.2, 0.25) is 0 Å². The predicted octanol–water partition coefficient (Wildman–Crippen LogP) is 4.16. The highest BCUT2D eigenvalue weighted by atomic mass is 32.2. The van der Waals surface area contributed by atoms with Gasteiger partial charge in [0.25, 0.3) is 15.6 Å². The van der Waals surface area contributed by atoms with Crippen molar-refractivity contribution >= 4 is 43.2 Å². The van der Waals surface area contributed by atoms with E-state index >= 15 is 0 Å². The number of para-hydroxylation sites is 1. The van der Waals surface area contributed by atoms with Crippen molar-refractivity contribution in [3.8, 4) is 5.75 Å². The summed E-state index contributed by atoms with van der Waals surface area (Å²) in [7, 11) is -3.97. The van der Waals surface area contributed by atoms with Crippen LogP contribution in [-0.2, 0) is 21.4 Å². The Hall–Kier alpha value is -3.70. The summed E-state index contributed by atoms with van der Waals surface area (Å²) in [6.45, 7) is 5.78. The number of anilines is 1. The Morgan fingerprint density at radius 2 is 1.83 bits per heavy atom. The quantitative estimate of drug-likeness (QED) is 0.339. The van der Waals surface area contributed by atoms with Crippen LogP contribution in [-0.4, -0.2) is 31.0 Å². The van der Waals surface area contributed by atoms with Crippen LogP contribution in [0, 0.1) is 13.8 Å². The molecule has 2 aromatic carbocycles. The zero-order valence-electron chi connectivity index (χ0n) is 19.2. The van der Waals surface area contributed by atoms with E-state index in [1.54, 1.807) is 24.3 Å². The zero-order valence-corrected chi connectivity index (χ0v) is 20.9. The number of fused-ring (bicyclic) bond motifs is 1. The summed E-state index contributed by atoms with van der Waals surface area (Å²) in [6.07, 6.45) is 0. The summed E-state index contributed by atoms with van der Waals surface area (Å²) < 4.78 is 38.8. The fraction of sp³-hybridized carbons (Fsp3) is 0.208. The Balaban J connectivity index is 1.52. The minimum Gasteiger partial charge on any atom is -0.494 e. The van der Waals surface area contributed by atoms with Gasteiger partial charge in [0.15, 0.2) is 0 Å². The van der Waals surface area contributed by atoms with Gasteiger partial charge in [0.2, 0.25) is 0 Å². The van der Waals surface area contributed by atoms with E-state index in [1.165, 1.54) is 35.6 Å². The van der Waals surface area contributed by atoms with Crippen molar-refractivity contribution in [1.82, 2.24) is 9.97 Å². The van der Waals surface area contributed by atoms with Gasteiger partial charge >= 0.3 is 5.97 Å². The number of ether oxygens (including phenoxy) is 2. The molecular formula is C24H23N3O6S2. The fourth-order valence-corrected chi connectivity index (χ4v) is 5.54. The van der Waals surface area contributed by atoms with Crippen LogP contribution < -0.4 is 15.0 Å². The maximum Gasteiger partial charge on any atom is 0.340 e. The number of aryl methyl sites for hydroxylation is 2. The summed E-state index contributed by atoms with van der Waals surface area (Å²) in [6, 6.07) is 12.0. The molecule has 0 saturated carbocycles. The maximum absolute atomic E-state index is 12.9. The lowest BCUT2D eigenvalue weighted by atomic mass is 10.2. The van der Waals surface area contributed by atoms with Gasteiger partial charge in [-0.15, -0.1) is 11.3 Å². The topological polar surface area (TPSA) is 127 Å². The molecule has 11 heteroatoms. The number of carbonyl (C=O) groups excluding carboxylic acids is 1. The molecule has 182 valence electrons. The molecule has 9 nitrogen and oxygen atoms in total. The molecule has 0 spiro atoms. The summed E-state index contributed by atoms with van der Waals surface area (Å²) in [5.41, 5.74) is 0.656. The highest BCUT2D eigenvalue weighted by molar-refractivity contribution is 7.92. The Labute approximate surface area is 205 Å². The first-order valence-corrected chi connectivity index (χ1v) is 13.0. The third-order valence-corrected chi connectivity index (χ3v) is 7.75. The zero-order chi connectivity index (χ0) is 25.2. The molecule has 4 rings (SSSR count). The average molecular weight is 514 g/mol. The van der Waals surface area contributed by atoms with Crippen LogP contribution in [0.15, 0.2) is 58.2 Å². The first kappa shape index (κ1) is 24.4. The highest BCUT2D eigenvalue weighted by Crippen LogP contribution is 2.26. The van der Waals surface area contributed by atoms with Gasteiger partial charge < -0.3 is 14.5 Å². The molecule has 0 aliphatic heterocycles. The molecule has 0 radical (unpaired) electrons. The lowest BCUT2D eigenvalue weighted by molar-refractivity contribution is 0.0463. The van der Waals surface area contributed by atoms with Crippen molar-refractivity contribution in [2.75, 3.05) is 11.3 Å². The van der Waals surface area contributed by atoms with Crippen LogP contribution in [0.1, 0.15) is 33.5 Å². The standard InChI is InChI=1S/C24H23N3O6S2/c1-4-32-16-9-11-17(12-10-16)35(30,31)27-19-8-6-5-7-18(19)24(29)33-13-20-25-22(28)21-14(2)15(3)34-23(21)26-20/h5-12,27H,4,13H2,1-3H3,(H,25,26,28). The number of H-pyrrole nitrogens is 1. The van der Waals surface area contributed by atoms with Crippen LogP contribution in [0.5, 0.6) is 5.75 Å². The monoisotopic (exact) mass is 513 g/mol. The molecule has 0 amide bonds. The maximum atomic E-state index is 12.9. The first-order valence-electron chi connectivity index (χ1n) is 10.7. The Morgan fingerprint density at radius 3 is 2.54 bits per heavy atom. The molecule has 0 saturated heterocycles. The number of esters is 1. The van der Waals surface area contributed by atoms with Gasteiger partial charge in [0, 0.05) is 4.88 Å². The number of benzene rings is 2. The normalized spacial score (nSPS) is 11.4. The number of aromatic nitrogens is 2. The number of nitrogens with zero attached hydrogens (tertiary/aromatic N) is 1. The van der Waals surface area contributed by atoms with E-state index in [0.29, 0.717) is 22.6 Å². The molecule has 0 atom stereocenters. The number of nitrogens with one attached hydrogen (secondary N) is 2. The van der Waals surface area contributed by atoms with Gasteiger partial charge in [0.1, 0.15) is 23.0 Å². The number of aromatic amines is 1. The molecule has 0 bridgehead atoms. The number of thiophene rings is 1. The molecule has 0 unspecified atom stereocenters. The van der Waals surface area contributed by atoms with Crippen molar-refractivity contribution < 1.29 is 22.7 Å². The number of carbonyl (C=O) groups is 1. The third-order valence-electron chi connectivity index (χ3n) is 5.26. The van der Waals surface area contributed by atoms with Gasteiger partial charge in [-0.3, -0.25) is 9.52 Å². The lowest BCUT2D eigenvalue weighted by Gasteiger charge is -2.13. The Morgan fingerprint density at radius 1 is 1.11 bits per heavy atom. The fourth-order valence-electron chi connectivity index (χ4n) is 3.41. The van der Waals surface area contributed by atoms with E-state index in [4.69, 9.17) is 9.47 Å². The molecule has 4 aromatic rings. The molecule has 2 N–H and O–H groups in total. The molecule has 0 aliphatic carbocycles. The van der Waals surface area contributed by atoms with Crippen molar-refractivity contribution in [1.29, 1.82) is 0 Å². The summed E-state index contributed by atoms with van der Waals surface area (Å²) in [5, 5.41) is 0.525. The van der Waals surface area contributed by atoms with E-state index in [-0.39, 0.29) is 34.1 Å². The number of rotatable bonds is 8. The molecule has 2 heterocycles.